The van der Waals surface area contributed by atoms with Gasteiger partial charge in [0.05, 0.1) is 18.4 Å². The van der Waals surface area contributed by atoms with Gasteiger partial charge in [-0.2, -0.15) is 0 Å². The van der Waals surface area contributed by atoms with Crippen molar-refractivity contribution in [2.24, 2.45) is 5.41 Å². The van der Waals surface area contributed by atoms with E-state index in [9.17, 15) is 9.59 Å². The van der Waals surface area contributed by atoms with Crippen LogP contribution in [0.15, 0.2) is 48.5 Å². The Labute approximate surface area is 165 Å². The van der Waals surface area contributed by atoms with E-state index in [1.54, 1.807) is 36.4 Å². The van der Waals surface area contributed by atoms with Gasteiger partial charge >= 0.3 is 0 Å². The molecule has 148 valence electrons. The number of anilines is 2. The maximum absolute atomic E-state index is 12.9. The molecule has 0 aliphatic heterocycles. The van der Waals surface area contributed by atoms with E-state index in [0.717, 1.165) is 5.75 Å². The normalized spacial score (nSPS) is 14.3. The zero-order valence-electron chi connectivity index (χ0n) is 16.5. The third kappa shape index (κ3) is 4.44. The second-order valence-electron chi connectivity index (χ2n) is 7.11. The first kappa shape index (κ1) is 19.7. The van der Waals surface area contributed by atoms with Gasteiger partial charge in [0.1, 0.15) is 16.9 Å². The lowest BCUT2D eigenvalue weighted by Crippen LogP contribution is -2.35. The predicted molar refractivity (Wildman–Crippen MR) is 109 cm³/mol. The molecule has 1 aliphatic rings. The molecule has 0 heterocycles. The summed E-state index contributed by atoms with van der Waals surface area (Å²) >= 11 is 0. The number of carbonyl (C=O) groups excluding carboxylic acids is 2. The molecular weight excluding hydrogens is 356 g/mol. The number of carbonyl (C=O) groups is 2. The summed E-state index contributed by atoms with van der Waals surface area (Å²) in [5, 5.41) is 5.71. The second kappa shape index (κ2) is 8.33. The van der Waals surface area contributed by atoms with Crippen LogP contribution in [0.5, 0.6) is 11.5 Å². The molecule has 0 spiro atoms. The number of benzene rings is 2. The van der Waals surface area contributed by atoms with Crippen molar-refractivity contribution in [3.05, 3.63) is 48.5 Å². The van der Waals surface area contributed by atoms with Crippen LogP contribution >= 0.6 is 0 Å². The Hall–Kier alpha value is -3.02. The molecule has 6 heteroatoms. The van der Waals surface area contributed by atoms with Crippen molar-refractivity contribution in [3.8, 4) is 11.5 Å². The molecule has 1 aliphatic carbocycles. The summed E-state index contributed by atoms with van der Waals surface area (Å²) in [5.41, 5.74) is 0.168. The molecule has 6 nitrogen and oxygen atoms in total. The van der Waals surface area contributed by atoms with Crippen LogP contribution in [0, 0.1) is 5.41 Å². The average molecular weight is 382 g/mol. The number of rotatable bonds is 8. The van der Waals surface area contributed by atoms with Crippen molar-refractivity contribution in [2.75, 3.05) is 17.2 Å². The summed E-state index contributed by atoms with van der Waals surface area (Å²) in [6.45, 7) is 6.34. The van der Waals surface area contributed by atoms with Crippen molar-refractivity contribution in [3.63, 3.8) is 0 Å². The number of para-hydroxylation sites is 2. The molecule has 28 heavy (non-hydrogen) atoms. The first-order valence-electron chi connectivity index (χ1n) is 9.56. The van der Waals surface area contributed by atoms with E-state index in [1.807, 2.05) is 32.9 Å². The molecule has 2 amide bonds. The highest BCUT2D eigenvalue weighted by Crippen LogP contribution is 2.48. The van der Waals surface area contributed by atoms with Crippen LogP contribution in [0.25, 0.3) is 0 Å². The van der Waals surface area contributed by atoms with Gasteiger partial charge in [0.25, 0.3) is 0 Å². The fourth-order valence-electron chi connectivity index (χ4n) is 2.90. The molecule has 1 saturated carbocycles. The molecule has 1 fully saturated rings. The zero-order chi connectivity index (χ0) is 20.1. The lowest BCUT2D eigenvalue weighted by molar-refractivity contribution is -0.131. The van der Waals surface area contributed by atoms with Crippen molar-refractivity contribution in [1.29, 1.82) is 0 Å². The van der Waals surface area contributed by atoms with Crippen LogP contribution in [0.1, 0.15) is 33.6 Å². The standard InChI is InChI=1S/C22H26N2O4/c1-4-27-17-11-9-16(10-12-17)23-20(25)22(13-14-22)21(26)24-18-7-5-6-8-19(18)28-15(2)3/h5-12,15H,4,13-14H2,1-3H3,(H,23,25)(H,24,26). The Morgan fingerprint density at radius 1 is 1.00 bits per heavy atom. The molecule has 2 aromatic rings. The fourth-order valence-corrected chi connectivity index (χ4v) is 2.90. The Kier molecular flexibility index (Phi) is 5.87. The van der Waals surface area contributed by atoms with E-state index >= 15 is 0 Å². The van der Waals surface area contributed by atoms with E-state index in [4.69, 9.17) is 9.47 Å². The number of ether oxygens (including phenoxy) is 2. The van der Waals surface area contributed by atoms with Gasteiger partial charge in [-0.05, 0) is 70.0 Å². The van der Waals surface area contributed by atoms with Crippen molar-refractivity contribution >= 4 is 23.2 Å². The largest absolute Gasteiger partial charge is 0.494 e. The number of nitrogens with one attached hydrogen (secondary N) is 2. The van der Waals surface area contributed by atoms with Gasteiger partial charge in [-0.25, -0.2) is 0 Å². The van der Waals surface area contributed by atoms with Gasteiger partial charge in [0, 0.05) is 5.69 Å². The Bertz CT molecular complexity index is 842. The Morgan fingerprint density at radius 3 is 2.25 bits per heavy atom. The predicted octanol–water partition coefficient (Wildman–Crippen LogP) is 4.23. The maximum Gasteiger partial charge on any atom is 0.240 e. The van der Waals surface area contributed by atoms with Gasteiger partial charge in [0.15, 0.2) is 0 Å². The fraction of sp³-hybridized carbons (Fsp3) is 0.364. The summed E-state index contributed by atoms with van der Waals surface area (Å²) in [6, 6.07) is 14.4. The molecule has 3 rings (SSSR count). The van der Waals surface area contributed by atoms with Gasteiger partial charge in [-0.1, -0.05) is 12.1 Å². The minimum atomic E-state index is -1.04. The van der Waals surface area contributed by atoms with E-state index in [1.165, 1.54) is 0 Å². The van der Waals surface area contributed by atoms with Crippen LogP contribution in [0.2, 0.25) is 0 Å². The molecule has 2 N–H and O–H groups in total. The molecular formula is C22H26N2O4. The van der Waals surface area contributed by atoms with Gasteiger partial charge < -0.3 is 20.1 Å². The van der Waals surface area contributed by atoms with Gasteiger partial charge in [-0.15, -0.1) is 0 Å². The second-order valence-corrected chi connectivity index (χ2v) is 7.11. The zero-order valence-corrected chi connectivity index (χ0v) is 16.5. The summed E-state index contributed by atoms with van der Waals surface area (Å²) in [4.78, 5) is 25.6. The van der Waals surface area contributed by atoms with E-state index in [-0.39, 0.29) is 17.9 Å². The molecule has 0 atom stereocenters. The Morgan fingerprint density at radius 2 is 1.64 bits per heavy atom. The Balaban J connectivity index is 1.67. The average Bonchev–Trinajstić information content (AvgIpc) is 3.47. The van der Waals surface area contributed by atoms with Crippen LogP contribution in [-0.4, -0.2) is 24.5 Å². The van der Waals surface area contributed by atoms with Crippen LogP contribution in [0.3, 0.4) is 0 Å². The quantitative estimate of drug-likeness (QED) is 0.670. The molecule has 0 unspecified atom stereocenters. The first-order chi connectivity index (χ1) is 13.4. The maximum atomic E-state index is 12.9. The molecule has 0 radical (unpaired) electrons. The number of hydrogen-bond acceptors (Lipinski definition) is 4. The van der Waals surface area contributed by atoms with Crippen molar-refractivity contribution in [1.82, 2.24) is 0 Å². The van der Waals surface area contributed by atoms with Gasteiger partial charge in [-0.3, -0.25) is 9.59 Å². The van der Waals surface area contributed by atoms with Gasteiger partial charge in [0.2, 0.25) is 11.8 Å². The summed E-state index contributed by atoms with van der Waals surface area (Å²) in [6.07, 6.45) is 1.03. The van der Waals surface area contributed by atoms with Crippen LogP contribution < -0.4 is 20.1 Å². The third-order valence-electron chi connectivity index (χ3n) is 4.54. The van der Waals surface area contributed by atoms with Crippen LogP contribution in [-0.2, 0) is 9.59 Å². The SMILES string of the molecule is CCOc1ccc(NC(=O)C2(C(=O)Nc3ccccc3OC(C)C)CC2)cc1. The molecule has 2 aromatic carbocycles. The van der Waals surface area contributed by atoms with Crippen molar-refractivity contribution < 1.29 is 19.1 Å². The molecule has 0 aromatic heterocycles. The summed E-state index contributed by atoms with van der Waals surface area (Å²) in [5.74, 6) is 0.724. The first-order valence-corrected chi connectivity index (χ1v) is 9.56. The third-order valence-corrected chi connectivity index (χ3v) is 4.54. The van der Waals surface area contributed by atoms with E-state index in [2.05, 4.69) is 10.6 Å². The van der Waals surface area contributed by atoms with E-state index in [0.29, 0.717) is 36.6 Å². The molecule has 0 saturated heterocycles. The highest BCUT2D eigenvalue weighted by molar-refractivity contribution is 6.17. The topological polar surface area (TPSA) is 76.7 Å². The minimum absolute atomic E-state index is 0.0177. The summed E-state index contributed by atoms with van der Waals surface area (Å²) < 4.78 is 11.1. The number of amides is 2. The minimum Gasteiger partial charge on any atom is -0.494 e. The lowest BCUT2D eigenvalue weighted by Gasteiger charge is -2.18. The molecule has 0 bridgehead atoms. The lowest BCUT2D eigenvalue weighted by atomic mass is 10.0. The smallest absolute Gasteiger partial charge is 0.240 e. The summed E-state index contributed by atoms with van der Waals surface area (Å²) in [7, 11) is 0. The highest BCUT2D eigenvalue weighted by Gasteiger charge is 2.56. The van der Waals surface area contributed by atoms with Crippen LogP contribution in [0.4, 0.5) is 11.4 Å². The van der Waals surface area contributed by atoms with E-state index < -0.39 is 5.41 Å². The highest BCUT2D eigenvalue weighted by atomic mass is 16.5. The number of hydrogen-bond donors (Lipinski definition) is 2. The monoisotopic (exact) mass is 382 g/mol. The van der Waals surface area contributed by atoms with Crippen molar-refractivity contribution in [2.45, 2.75) is 39.7 Å².